The van der Waals surface area contributed by atoms with Gasteiger partial charge in [-0.05, 0) is 30.0 Å². The minimum absolute atomic E-state index is 0.0842. The molecular formula is C15H22O3. The normalized spacial score (nSPS) is 23.2. The second-order valence-electron chi connectivity index (χ2n) is 6.16. The Labute approximate surface area is 109 Å². The highest BCUT2D eigenvalue weighted by Crippen LogP contribution is 2.39. The van der Waals surface area contributed by atoms with Gasteiger partial charge >= 0.3 is 0 Å². The number of benzene rings is 1. The molecule has 2 rings (SSSR count). The van der Waals surface area contributed by atoms with Crippen LogP contribution in [0.5, 0.6) is 11.5 Å². The first kappa shape index (κ1) is 13.2. The number of ether oxygens (including phenoxy) is 2. The molecule has 0 saturated carbocycles. The summed E-state index contributed by atoms with van der Waals surface area (Å²) < 4.78 is 11.1. The largest absolute Gasteiger partial charge is 0.497 e. The number of aliphatic hydroxyl groups is 1. The van der Waals surface area contributed by atoms with Crippen LogP contribution >= 0.6 is 0 Å². The summed E-state index contributed by atoms with van der Waals surface area (Å²) in [6, 6.07) is 5.60. The smallest absolute Gasteiger partial charge is 0.125 e. The first-order valence-electron chi connectivity index (χ1n) is 6.42. The zero-order valence-electron chi connectivity index (χ0n) is 11.6. The summed E-state index contributed by atoms with van der Waals surface area (Å²) >= 11 is 0. The molecule has 3 heteroatoms. The Balaban J connectivity index is 2.19. The molecule has 3 nitrogen and oxygen atoms in total. The molecule has 1 N–H and O–H groups in total. The second-order valence-corrected chi connectivity index (χ2v) is 6.16. The molecule has 0 saturated heterocycles. The van der Waals surface area contributed by atoms with Crippen LogP contribution < -0.4 is 9.47 Å². The third kappa shape index (κ3) is 2.96. The zero-order chi connectivity index (χ0) is 13.3. The Morgan fingerprint density at radius 2 is 2.11 bits per heavy atom. The number of aliphatic hydroxyl groups excluding tert-OH is 1. The van der Waals surface area contributed by atoms with E-state index in [2.05, 4.69) is 20.8 Å². The average Bonchev–Trinajstić information content (AvgIpc) is 2.26. The summed E-state index contributed by atoms with van der Waals surface area (Å²) in [6.07, 6.45) is 1.21. The third-order valence-electron chi connectivity index (χ3n) is 3.20. The van der Waals surface area contributed by atoms with Crippen molar-refractivity contribution in [3.8, 4) is 11.5 Å². The van der Waals surface area contributed by atoms with Crippen molar-refractivity contribution in [2.24, 2.45) is 5.41 Å². The van der Waals surface area contributed by atoms with Gasteiger partial charge in [-0.1, -0.05) is 20.8 Å². The molecule has 1 aromatic carbocycles. The van der Waals surface area contributed by atoms with Crippen LogP contribution in [-0.2, 0) is 0 Å². The molecule has 0 bridgehead atoms. The van der Waals surface area contributed by atoms with Crippen molar-refractivity contribution in [1.82, 2.24) is 0 Å². The summed E-state index contributed by atoms with van der Waals surface area (Å²) in [7, 11) is 1.63. The minimum Gasteiger partial charge on any atom is -0.497 e. The number of methoxy groups -OCH3 is 1. The van der Waals surface area contributed by atoms with E-state index in [1.165, 1.54) is 0 Å². The third-order valence-corrected chi connectivity index (χ3v) is 3.20. The fraction of sp³-hybridized carbons (Fsp3) is 0.600. The topological polar surface area (TPSA) is 38.7 Å². The van der Waals surface area contributed by atoms with Gasteiger partial charge in [0.15, 0.2) is 0 Å². The lowest BCUT2D eigenvalue weighted by molar-refractivity contribution is 0.0445. The highest BCUT2D eigenvalue weighted by Gasteiger charge is 2.30. The van der Waals surface area contributed by atoms with Gasteiger partial charge in [-0.3, -0.25) is 0 Å². The maximum Gasteiger partial charge on any atom is 0.125 e. The highest BCUT2D eigenvalue weighted by atomic mass is 16.5. The van der Waals surface area contributed by atoms with Gasteiger partial charge in [0.2, 0.25) is 0 Å². The van der Waals surface area contributed by atoms with Crippen LogP contribution in [-0.4, -0.2) is 18.3 Å². The van der Waals surface area contributed by atoms with Crippen molar-refractivity contribution in [3.63, 3.8) is 0 Å². The molecule has 1 aromatic rings. The van der Waals surface area contributed by atoms with E-state index in [0.29, 0.717) is 6.42 Å². The predicted octanol–water partition coefficient (Wildman–Crippen LogP) is 3.32. The molecule has 1 heterocycles. The molecule has 0 fully saturated rings. The van der Waals surface area contributed by atoms with Crippen LogP contribution in [0.15, 0.2) is 18.2 Å². The summed E-state index contributed by atoms with van der Waals surface area (Å²) in [5.41, 5.74) is 1.04. The van der Waals surface area contributed by atoms with E-state index in [1.54, 1.807) is 7.11 Å². The molecule has 0 amide bonds. The van der Waals surface area contributed by atoms with E-state index < -0.39 is 6.10 Å². The zero-order valence-corrected chi connectivity index (χ0v) is 11.6. The summed E-state index contributed by atoms with van der Waals surface area (Å²) in [5.74, 6) is 1.54. The predicted molar refractivity (Wildman–Crippen MR) is 71.1 cm³/mol. The van der Waals surface area contributed by atoms with E-state index in [9.17, 15) is 5.11 Å². The lowest BCUT2D eigenvalue weighted by Crippen LogP contribution is -2.29. The van der Waals surface area contributed by atoms with Crippen LogP contribution in [0.4, 0.5) is 0 Å². The van der Waals surface area contributed by atoms with Crippen LogP contribution in [0.1, 0.15) is 45.3 Å². The lowest BCUT2D eigenvalue weighted by atomic mass is 9.85. The molecule has 0 aromatic heterocycles. The van der Waals surface area contributed by atoms with Crippen molar-refractivity contribution in [3.05, 3.63) is 23.8 Å². The second kappa shape index (κ2) is 4.81. The van der Waals surface area contributed by atoms with E-state index in [0.717, 1.165) is 23.5 Å². The number of rotatable bonds is 2. The van der Waals surface area contributed by atoms with Crippen LogP contribution in [0.2, 0.25) is 0 Å². The molecule has 1 aliphatic heterocycles. The van der Waals surface area contributed by atoms with Crippen LogP contribution in [0.3, 0.4) is 0 Å². The van der Waals surface area contributed by atoms with Crippen molar-refractivity contribution >= 4 is 0 Å². The van der Waals surface area contributed by atoms with Gasteiger partial charge in [-0.2, -0.15) is 0 Å². The fourth-order valence-electron chi connectivity index (χ4n) is 2.43. The Hall–Kier alpha value is -1.22. The Morgan fingerprint density at radius 1 is 1.39 bits per heavy atom. The van der Waals surface area contributed by atoms with E-state index >= 15 is 0 Å². The molecule has 0 radical (unpaired) electrons. The van der Waals surface area contributed by atoms with Crippen molar-refractivity contribution in [1.29, 1.82) is 0 Å². The summed E-state index contributed by atoms with van der Waals surface area (Å²) in [5, 5.41) is 10.2. The summed E-state index contributed by atoms with van der Waals surface area (Å²) in [4.78, 5) is 0. The maximum atomic E-state index is 10.2. The van der Waals surface area contributed by atoms with Crippen molar-refractivity contribution in [2.45, 2.75) is 45.8 Å². The van der Waals surface area contributed by atoms with E-state index in [-0.39, 0.29) is 11.5 Å². The summed E-state index contributed by atoms with van der Waals surface area (Å²) in [6.45, 7) is 6.56. The maximum absolute atomic E-state index is 10.2. The number of fused-ring (bicyclic) bond motifs is 1. The first-order chi connectivity index (χ1) is 8.39. The van der Waals surface area contributed by atoms with Gasteiger partial charge in [-0.15, -0.1) is 0 Å². The van der Waals surface area contributed by atoms with Gasteiger partial charge < -0.3 is 14.6 Å². The molecule has 1 unspecified atom stereocenters. The van der Waals surface area contributed by atoms with Gasteiger partial charge in [0.05, 0.1) is 13.2 Å². The monoisotopic (exact) mass is 250 g/mol. The Bertz CT molecular complexity index is 420. The van der Waals surface area contributed by atoms with Crippen LogP contribution in [0.25, 0.3) is 0 Å². The number of hydrogen-bond acceptors (Lipinski definition) is 3. The first-order valence-corrected chi connectivity index (χ1v) is 6.42. The Kier molecular flexibility index (Phi) is 3.53. The average molecular weight is 250 g/mol. The Morgan fingerprint density at radius 3 is 2.72 bits per heavy atom. The number of hydrogen-bond donors (Lipinski definition) is 1. The molecule has 18 heavy (non-hydrogen) atoms. The van der Waals surface area contributed by atoms with Gasteiger partial charge in [0.25, 0.3) is 0 Å². The van der Waals surface area contributed by atoms with Crippen LogP contribution in [0, 0.1) is 5.41 Å². The standard InChI is InChI=1S/C15H22O3/c1-15(2,3)9-11-8-13(16)12-7-10(17-4)5-6-14(12)18-11/h5-7,11,13,16H,8-9H2,1-4H3/t11?,13-/m0/s1. The van der Waals surface area contributed by atoms with Gasteiger partial charge in [0, 0.05) is 12.0 Å². The molecule has 100 valence electrons. The molecule has 0 spiro atoms. The minimum atomic E-state index is -0.462. The van der Waals surface area contributed by atoms with Crippen molar-refractivity contribution in [2.75, 3.05) is 7.11 Å². The highest BCUT2D eigenvalue weighted by molar-refractivity contribution is 5.43. The molecule has 2 atom stereocenters. The molecule has 1 aliphatic rings. The molecule has 0 aliphatic carbocycles. The lowest BCUT2D eigenvalue weighted by Gasteiger charge is -2.33. The fourth-order valence-corrected chi connectivity index (χ4v) is 2.43. The van der Waals surface area contributed by atoms with E-state index in [4.69, 9.17) is 9.47 Å². The quantitative estimate of drug-likeness (QED) is 0.875. The molecular weight excluding hydrogens is 228 g/mol. The van der Waals surface area contributed by atoms with Crippen molar-refractivity contribution < 1.29 is 14.6 Å². The SMILES string of the molecule is COc1ccc2c(c1)[C@@H](O)CC(CC(C)(C)C)O2. The van der Waals surface area contributed by atoms with Gasteiger partial charge in [0.1, 0.15) is 17.6 Å². The van der Waals surface area contributed by atoms with Gasteiger partial charge in [-0.25, -0.2) is 0 Å². The van der Waals surface area contributed by atoms with E-state index in [1.807, 2.05) is 18.2 Å².